The first-order chi connectivity index (χ1) is 8.40. The van der Waals surface area contributed by atoms with E-state index in [0.29, 0.717) is 10.2 Å². The van der Waals surface area contributed by atoms with Crippen molar-refractivity contribution in [3.05, 3.63) is 28.5 Å². The Kier molecular flexibility index (Phi) is 5.08. The fraction of sp³-hybridized carbons (Fsp3) is 0.273. The zero-order chi connectivity index (χ0) is 13.7. The first kappa shape index (κ1) is 14.4. The molecule has 0 fully saturated rings. The van der Waals surface area contributed by atoms with Crippen molar-refractivity contribution in [2.45, 2.75) is 13.0 Å². The summed E-state index contributed by atoms with van der Waals surface area (Å²) in [5.74, 6) is -1.81. The number of aliphatic carboxylic acids is 1. The van der Waals surface area contributed by atoms with E-state index >= 15 is 0 Å². The molecular formula is C11H11BrFNO4. The second-order valence-electron chi connectivity index (χ2n) is 3.48. The van der Waals surface area contributed by atoms with Gasteiger partial charge in [0.15, 0.2) is 6.04 Å². The number of benzene rings is 1. The van der Waals surface area contributed by atoms with Crippen molar-refractivity contribution >= 4 is 27.8 Å². The van der Waals surface area contributed by atoms with E-state index in [4.69, 9.17) is 9.84 Å². The number of halogens is 2. The van der Waals surface area contributed by atoms with Gasteiger partial charge in [0.05, 0.1) is 4.47 Å². The van der Waals surface area contributed by atoms with E-state index in [1.165, 1.54) is 25.1 Å². The monoisotopic (exact) mass is 319 g/mol. The van der Waals surface area contributed by atoms with Gasteiger partial charge in [0.25, 0.3) is 0 Å². The van der Waals surface area contributed by atoms with Gasteiger partial charge < -0.3 is 15.2 Å². The van der Waals surface area contributed by atoms with Crippen LogP contribution < -0.4 is 10.1 Å². The maximum Gasteiger partial charge on any atom is 0.329 e. The molecule has 0 aromatic heterocycles. The van der Waals surface area contributed by atoms with Crippen LogP contribution in [-0.4, -0.2) is 29.6 Å². The van der Waals surface area contributed by atoms with Gasteiger partial charge in [0.2, 0.25) is 5.91 Å². The molecule has 0 spiro atoms. The van der Waals surface area contributed by atoms with Crippen molar-refractivity contribution in [2.24, 2.45) is 0 Å². The van der Waals surface area contributed by atoms with Crippen LogP contribution in [0, 0.1) is 5.82 Å². The van der Waals surface area contributed by atoms with E-state index in [0.717, 1.165) is 0 Å². The summed E-state index contributed by atoms with van der Waals surface area (Å²) in [6, 6.07) is 2.60. The molecule has 0 aliphatic heterocycles. The number of hydrogen-bond acceptors (Lipinski definition) is 3. The molecule has 0 saturated heterocycles. The molecule has 18 heavy (non-hydrogen) atoms. The van der Waals surface area contributed by atoms with Crippen LogP contribution in [-0.2, 0) is 9.59 Å². The van der Waals surface area contributed by atoms with E-state index in [2.05, 4.69) is 21.2 Å². The van der Waals surface area contributed by atoms with Crippen molar-refractivity contribution in [3.8, 4) is 5.75 Å². The van der Waals surface area contributed by atoms with E-state index in [-0.39, 0.29) is 6.61 Å². The minimum absolute atomic E-state index is 0.251. The lowest BCUT2D eigenvalue weighted by Crippen LogP contribution is -2.43. The lowest BCUT2D eigenvalue weighted by Gasteiger charge is -2.15. The topological polar surface area (TPSA) is 75.6 Å². The molecule has 5 nitrogen and oxygen atoms in total. The van der Waals surface area contributed by atoms with Crippen molar-refractivity contribution in [3.63, 3.8) is 0 Å². The number of carbonyl (C=O) groups excluding carboxylic acids is 1. The van der Waals surface area contributed by atoms with Crippen molar-refractivity contribution in [1.82, 2.24) is 5.32 Å². The molecule has 1 amide bonds. The highest BCUT2D eigenvalue weighted by Gasteiger charge is 2.19. The first-order valence-electron chi connectivity index (χ1n) is 4.98. The van der Waals surface area contributed by atoms with Gasteiger partial charge in [-0.2, -0.15) is 0 Å². The first-order valence-corrected chi connectivity index (χ1v) is 5.77. The predicted molar refractivity (Wildman–Crippen MR) is 64.8 cm³/mol. The van der Waals surface area contributed by atoms with Crippen LogP contribution in [0.5, 0.6) is 5.75 Å². The van der Waals surface area contributed by atoms with Gasteiger partial charge in [-0.25, -0.2) is 9.18 Å². The minimum atomic E-state index is -1.21. The number of carboxylic acids is 1. The van der Waals surface area contributed by atoms with Crippen LogP contribution in [0.2, 0.25) is 0 Å². The number of carboxylic acid groups (broad SMARTS) is 1. The zero-order valence-electron chi connectivity index (χ0n) is 9.44. The highest BCUT2D eigenvalue weighted by Crippen LogP contribution is 2.25. The number of nitrogens with one attached hydrogen (secondary N) is 1. The highest BCUT2D eigenvalue weighted by molar-refractivity contribution is 9.10. The van der Waals surface area contributed by atoms with Crippen LogP contribution in [0.1, 0.15) is 6.92 Å². The van der Waals surface area contributed by atoms with Crippen LogP contribution >= 0.6 is 15.9 Å². The van der Waals surface area contributed by atoms with Crippen LogP contribution in [0.4, 0.5) is 4.39 Å². The summed E-state index contributed by atoms with van der Waals surface area (Å²) in [6.07, 6.45) is 0. The Morgan fingerprint density at radius 2 is 2.22 bits per heavy atom. The molecule has 1 unspecified atom stereocenters. The molecule has 1 aromatic carbocycles. The number of ether oxygens (including phenoxy) is 1. The number of amides is 1. The molecule has 1 aromatic rings. The predicted octanol–water partition coefficient (Wildman–Crippen LogP) is 1.56. The van der Waals surface area contributed by atoms with Gasteiger partial charge in [-0.15, -0.1) is 0 Å². The maximum absolute atomic E-state index is 12.8. The summed E-state index contributed by atoms with van der Waals surface area (Å²) in [7, 11) is 0. The van der Waals surface area contributed by atoms with Crippen molar-refractivity contribution in [1.29, 1.82) is 0 Å². The fourth-order valence-electron chi connectivity index (χ4n) is 1.19. The fourth-order valence-corrected chi connectivity index (χ4v) is 1.65. The largest absolute Gasteiger partial charge is 0.490 e. The summed E-state index contributed by atoms with van der Waals surface area (Å²) in [5.41, 5.74) is 0. The van der Waals surface area contributed by atoms with E-state index in [1.54, 1.807) is 0 Å². The van der Waals surface area contributed by atoms with E-state index in [9.17, 15) is 14.0 Å². The third kappa shape index (κ3) is 4.33. The number of hydrogen-bond donors (Lipinski definition) is 2. The Balaban J connectivity index is 2.66. The molecule has 0 radical (unpaired) electrons. The van der Waals surface area contributed by atoms with Gasteiger partial charge in [0.1, 0.15) is 18.2 Å². The lowest BCUT2D eigenvalue weighted by molar-refractivity contribution is -0.142. The summed E-state index contributed by atoms with van der Waals surface area (Å²) >= 11 is 3.09. The van der Waals surface area contributed by atoms with E-state index < -0.39 is 23.7 Å². The Bertz CT molecular complexity index is 466. The molecule has 0 aliphatic carbocycles. The third-order valence-corrected chi connectivity index (χ3v) is 2.59. The van der Waals surface area contributed by atoms with Crippen molar-refractivity contribution < 1.29 is 23.8 Å². The van der Waals surface area contributed by atoms with Crippen LogP contribution in [0.3, 0.4) is 0 Å². The maximum atomic E-state index is 12.8. The molecule has 0 saturated carbocycles. The number of rotatable bonds is 5. The summed E-state index contributed by atoms with van der Waals surface area (Å²) < 4.78 is 18.4. The van der Waals surface area contributed by atoms with E-state index in [1.807, 2.05) is 0 Å². The average Bonchev–Trinajstić information content (AvgIpc) is 2.25. The zero-order valence-corrected chi connectivity index (χ0v) is 11.0. The molecule has 1 atom stereocenters. The Morgan fingerprint density at radius 1 is 1.56 bits per heavy atom. The SMILES string of the molecule is CC(=O)NC(COc1ccc(F)cc1Br)C(=O)O. The molecular weight excluding hydrogens is 309 g/mol. The standard InChI is InChI=1S/C11H11BrFNO4/c1-6(15)14-9(11(16)17)5-18-10-3-2-7(13)4-8(10)12/h2-4,9H,5H2,1H3,(H,14,15)(H,16,17). The molecule has 7 heteroatoms. The Hall–Kier alpha value is -1.63. The second kappa shape index (κ2) is 6.34. The minimum Gasteiger partial charge on any atom is -0.490 e. The quantitative estimate of drug-likeness (QED) is 0.863. The Morgan fingerprint density at radius 3 is 2.72 bits per heavy atom. The Labute approximate surface area is 111 Å². The van der Waals surface area contributed by atoms with Crippen LogP contribution in [0.15, 0.2) is 22.7 Å². The van der Waals surface area contributed by atoms with Crippen molar-refractivity contribution in [2.75, 3.05) is 6.61 Å². The summed E-state index contributed by atoms with van der Waals surface area (Å²) in [6.45, 7) is 0.961. The average molecular weight is 320 g/mol. The van der Waals surface area contributed by atoms with Gasteiger partial charge in [-0.1, -0.05) is 0 Å². The second-order valence-corrected chi connectivity index (χ2v) is 4.33. The number of carbonyl (C=O) groups is 2. The molecule has 2 N–H and O–H groups in total. The van der Waals surface area contributed by atoms with Gasteiger partial charge in [-0.05, 0) is 34.1 Å². The molecule has 0 heterocycles. The molecule has 1 rings (SSSR count). The van der Waals surface area contributed by atoms with Gasteiger partial charge >= 0.3 is 5.97 Å². The highest BCUT2D eigenvalue weighted by atomic mass is 79.9. The van der Waals surface area contributed by atoms with Crippen LogP contribution in [0.25, 0.3) is 0 Å². The van der Waals surface area contributed by atoms with Gasteiger partial charge in [0, 0.05) is 6.92 Å². The van der Waals surface area contributed by atoms with Gasteiger partial charge in [-0.3, -0.25) is 4.79 Å². The molecule has 98 valence electrons. The molecule has 0 aliphatic rings. The summed E-state index contributed by atoms with van der Waals surface area (Å²) in [5, 5.41) is 11.1. The summed E-state index contributed by atoms with van der Waals surface area (Å²) in [4.78, 5) is 21.6. The normalized spacial score (nSPS) is 11.7. The third-order valence-electron chi connectivity index (χ3n) is 1.98. The lowest BCUT2D eigenvalue weighted by atomic mass is 10.3. The smallest absolute Gasteiger partial charge is 0.329 e. The molecule has 0 bridgehead atoms.